The zero-order valence-corrected chi connectivity index (χ0v) is 15.1. The zero-order valence-electron chi connectivity index (χ0n) is 15.1. The predicted octanol–water partition coefficient (Wildman–Crippen LogP) is 3.95. The average molecular weight is 332 g/mol. The van der Waals surface area contributed by atoms with Gasteiger partial charge in [0.25, 0.3) is 0 Å². The molecule has 3 rings (SSSR count). The third-order valence-corrected chi connectivity index (χ3v) is 5.55. The van der Waals surface area contributed by atoms with E-state index in [1.54, 1.807) is 19.9 Å². The highest BCUT2D eigenvalue weighted by Crippen LogP contribution is 2.44. The molecule has 2 heterocycles. The molecule has 0 radical (unpaired) electrons. The van der Waals surface area contributed by atoms with E-state index in [0.717, 1.165) is 37.7 Å². The van der Waals surface area contributed by atoms with Crippen LogP contribution in [0.2, 0.25) is 0 Å². The molecule has 1 fully saturated rings. The highest BCUT2D eigenvalue weighted by atomic mass is 16.6. The molecule has 0 bridgehead atoms. The number of carbonyl (C=O) groups excluding carboxylic acids is 1. The van der Waals surface area contributed by atoms with Crippen LogP contribution in [0.15, 0.2) is 34.6 Å². The van der Waals surface area contributed by atoms with Crippen LogP contribution in [-0.4, -0.2) is 28.4 Å². The lowest BCUT2D eigenvalue weighted by atomic mass is 9.90. The van der Waals surface area contributed by atoms with E-state index in [1.807, 2.05) is 0 Å². The number of fused-ring (bicyclic) bond motifs is 2. The first kappa shape index (κ1) is 17.4. The summed E-state index contributed by atoms with van der Waals surface area (Å²) in [7, 11) is 0. The van der Waals surface area contributed by atoms with Gasteiger partial charge in [-0.2, -0.15) is 0 Å². The summed E-state index contributed by atoms with van der Waals surface area (Å²) in [6.07, 6.45) is 9.28. The van der Waals surface area contributed by atoms with Crippen LogP contribution in [0.5, 0.6) is 0 Å². The van der Waals surface area contributed by atoms with Crippen LogP contribution >= 0.6 is 0 Å². The number of hydrogen-bond acceptors (Lipinski definition) is 4. The molecule has 1 saturated heterocycles. The Labute approximate surface area is 144 Å². The monoisotopic (exact) mass is 332 g/mol. The number of epoxide rings is 1. The molecule has 1 aliphatic carbocycles. The van der Waals surface area contributed by atoms with E-state index in [9.17, 15) is 9.90 Å². The highest BCUT2D eigenvalue weighted by Gasteiger charge is 2.51. The summed E-state index contributed by atoms with van der Waals surface area (Å²) in [5.74, 6) is 0.239. The van der Waals surface area contributed by atoms with E-state index in [1.165, 1.54) is 5.57 Å². The van der Waals surface area contributed by atoms with Gasteiger partial charge in [-0.3, -0.25) is 0 Å². The zero-order chi connectivity index (χ0) is 17.5. The van der Waals surface area contributed by atoms with Crippen molar-refractivity contribution < 1.29 is 19.4 Å². The van der Waals surface area contributed by atoms with Crippen LogP contribution in [0.3, 0.4) is 0 Å². The average Bonchev–Trinajstić information content (AvgIpc) is 3.06. The summed E-state index contributed by atoms with van der Waals surface area (Å²) in [6.45, 7) is 7.87. The van der Waals surface area contributed by atoms with Gasteiger partial charge in [0.2, 0.25) is 0 Å². The fraction of sp³-hybridized carbons (Fsp3) is 0.650. The summed E-state index contributed by atoms with van der Waals surface area (Å²) >= 11 is 0. The lowest BCUT2D eigenvalue weighted by molar-refractivity contribution is -0.133. The van der Waals surface area contributed by atoms with E-state index in [-0.39, 0.29) is 17.7 Å². The molecule has 0 aromatic heterocycles. The van der Waals surface area contributed by atoms with Gasteiger partial charge in [-0.05, 0) is 72.3 Å². The lowest BCUT2D eigenvalue weighted by Gasteiger charge is -2.20. The van der Waals surface area contributed by atoms with Crippen molar-refractivity contribution in [3.05, 3.63) is 34.6 Å². The number of esters is 1. The van der Waals surface area contributed by atoms with Gasteiger partial charge in [-0.25, -0.2) is 4.79 Å². The first-order chi connectivity index (χ1) is 11.2. The number of allylic oxidation sites excluding steroid dienone is 3. The summed E-state index contributed by atoms with van der Waals surface area (Å²) in [6, 6.07) is 0. The van der Waals surface area contributed by atoms with Crippen molar-refractivity contribution in [3.8, 4) is 0 Å². The van der Waals surface area contributed by atoms with Gasteiger partial charge in [0.15, 0.2) is 0 Å². The van der Waals surface area contributed by atoms with Crippen molar-refractivity contribution in [2.45, 2.75) is 83.5 Å². The predicted molar refractivity (Wildman–Crippen MR) is 92.2 cm³/mol. The molecule has 0 amide bonds. The second-order valence-electron chi connectivity index (χ2n) is 7.91. The standard InChI is InChI=1S/C20H28O4/c1-13-6-5-10-20(4)17(24-20)9-11-19(3,22)12-16-15(8-7-13)14(2)18(21)23-16/h6,12,17,22H,5,7-11H2,1-4H3/b13-6+,16-12-/t17-,19-,20-/m1/s1. The van der Waals surface area contributed by atoms with Crippen molar-refractivity contribution >= 4 is 5.97 Å². The maximum atomic E-state index is 11.9. The second-order valence-corrected chi connectivity index (χ2v) is 7.91. The number of hydrogen-bond donors (Lipinski definition) is 1. The van der Waals surface area contributed by atoms with E-state index in [2.05, 4.69) is 19.9 Å². The largest absolute Gasteiger partial charge is 0.423 e. The summed E-state index contributed by atoms with van der Waals surface area (Å²) in [5.41, 5.74) is 1.85. The lowest BCUT2D eigenvalue weighted by Crippen LogP contribution is -2.23. The number of ether oxygens (including phenoxy) is 2. The fourth-order valence-corrected chi connectivity index (χ4v) is 3.66. The molecule has 1 N–H and O–H groups in total. The maximum Gasteiger partial charge on any atom is 0.339 e. The van der Waals surface area contributed by atoms with Gasteiger partial charge in [0.1, 0.15) is 5.76 Å². The van der Waals surface area contributed by atoms with Crippen LogP contribution in [0.1, 0.15) is 66.2 Å². The van der Waals surface area contributed by atoms with Gasteiger partial charge in [0, 0.05) is 11.1 Å². The van der Waals surface area contributed by atoms with Crippen molar-refractivity contribution in [2.75, 3.05) is 0 Å². The third kappa shape index (κ3) is 3.65. The first-order valence-electron chi connectivity index (χ1n) is 8.91. The molecule has 2 aliphatic heterocycles. The third-order valence-electron chi connectivity index (χ3n) is 5.55. The molecule has 0 spiro atoms. The Hall–Kier alpha value is -1.39. The summed E-state index contributed by atoms with van der Waals surface area (Å²) in [4.78, 5) is 11.9. The Kier molecular flexibility index (Phi) is 4.47. The molecule has 4 heteroatoms. The van der Waals surface area contributed by atoms with Crippen LogP contribution in [-0.2, 0) is 14.3 Å². The van der Waals surface area contributed by atoms with E-state index in [0.29, 0.717) is 17.8 Å². The van der Waals surface area contributed by atoms with E-state index in [4.69, 9.17) is 9.47 Å². The van der Waals surface area contributed by atoms with Crippen LogP contribution < -0.4 is 0 Å². The molecule has 132 valence electrons. The van der Waals surface area contributed by atoms with Crippen molar-refractivity contribution in [1.82, 2.24) is 0 Å². The molecule has 24 heavy (non-hydrogen) atoms. The van der Waals surface area contributed by atoms with Crippen LogP contribution in [0.4, 0.5) is 0 Å². The quantitative estimate of drug-likeness (QED) is 0.414. The van der Waals surface area contributed by atoms with Crippen molar-refractivity contribution in [1.29, 1.82) is 0 Å². The second kappa shape index (κ2) is 6.16. The number of aliphatic hydroxyl groups is 1. The Morgan fingerprint density at radius 3 is 2.71 bits per heavy atom. The van der Waals surface area contributed by atoms with Crippen molar-refractivity contribution in [3.63, 3.8) is 0 Å². The molecule has 3 aliphatic rings. The molecule has 0 aromatic carbocycles. The van der Waals surface area contributed by atoms with Gasteiger partial charge in [-0.1, -0.05) is 11.6 Å². The van der Waals surface area contributed by atoms with Gasteiger partial charge < -0.3 is 14.6 Å². The Balaban J connectivity index is 1.87. The molecule has 3 atom stereocenters. The van der Waals surface area contributed by atoms with Gasteiger partial charge in [-0.15, -0.1) is 0 Å². The van der Waals surface area contributed by atoms with Crippen LogP contribution in [0, 0.1) is 0 Å². The minimum Gasteiger partial charge on any atom is -0.423 e. The summed E-state index contributed by atoms with van der Waals surface area (Å²) < 4.78 is 11.3. The van der Waals surface area contributed by atoms with Gasteiger partial charge in [0.05, 0.1) is 17.3 Å². The maximum absolute atomic E-state index is 11.9. The van der Waals surface area contributed by atoms with E-state index >= 15 is 0 Å². The minimum atomic E-state index is -1.01. The Morgan fingerprint density at radius 1 is 1.21 bits per heavy atom. The van der Waals surface area contributed by atoms with Gasteiger partial charge >= 0.3 is 5.97 Å². The molecule has 0 unspecified atom stereocenters. The molecule has 4 nitrogen and oxygen atoms in total. The Bertz CT molecular complexity index is 638. The summed E-state index contributed by atoms with van der Waals surface area (Å²) in [5, 5.41) is 10.7. The van der Waals surface area contributed by atoms with E-state index < -0.39 is 5.60 Å². The molecule has 0 aromatic rings. The Morgan fingerprint density at radius 2 is 1.96 bits per heavy atom. The highest BCUT2D eigenvalue weighted by molar-refractivity contribution is 5.93. The number of rotatable bonds is 0. The minimum absolute atomic E-state index is 0.0500. The number of carbonyl (C=O) groups is 1. The fourth-order valence-electron chi connectivity index (χ4n) is 3.66. The molecule has 0 saturated carbocycles. The normalized spacial score (nSPS) is 42.0. The van der Waals surface area contributed by atoms with Crippen molar-refractivity contribution in [2.24, 2.45) is 0 Å². The smallest absolute Gasteiger partial charge is 0.339 e. The topological polar surface area (TPSA) is 59.1 Å². The molecular weight excluding hydrogens is 304 g/mol. The molecular formula is C20H28O4. The van der Waals surface area contributed by atoms with Crippen LogP contribution in [0.25, 0.3) is 0 Å². The first-order valence-corrected chi connectivity index (χ1v) is 8.91. The SMILES string of the molecule is CC1=C2CC/C(C)=C/CC[C@@]3(C)O[C@@H]3CC[C@@](C)(O)/C=C/2OC1=O.